The first-order chi connectivity index (χ1) is 11.1. The molecule has 9 heteroatoms. The lowest BCUT2D eigenvalue weighted by atomic mass is 10.1. The molecule has 128 valence electrons. The van der Waals surface area contributed by atoms with Crippen LogP contribution in [0.25, 0.3) is 0 Å². The van der Waals surface area contributed by atoms with E-state index in [2.05, 4.69) is 10.6 Å². The lowest BCUT2D eigenvalue weighted by Crippen LogP contribution is -2.23. The number of benzene rings is 2. The molecule has 0 aromatic heterocycles. The summed E-state index contributed by atoms with van der Waals surface area (Å²) in [6.45, 7) is 0. The van der Waals surface area contributed by atoms with Gasteiger partial charge in [0.15, 0.2) is 5.11 Å². The van der Waals surface area contributed by atoms with Crippen molar-refractivity contribution in [2.75, 3.05) is 10.6 Å². The molecule has 24 heavy (non-hydrogen) atoms. The zero-order valence-electron chi connectivity index (χ0n) is 11.8. The molecule has 2 aromatic rings. The number of halogens is 6. The second kappa shape index (κ2) is 6.68. The van der Waals surface area contributed by atoms with Crippen molar-refractivity contribution in [2.45, 2.75) is 12.4 Å². The third-order valence-corrected chi connectivity index (χ3v) is 3.17. The molecule has 0 saturated heterocycles. The summed E-state index contributed by atoms with van der Waals surface area (Å²) >= 11 is 4.83. The molecule has 0 amide bonds. The van der Waals surface area contributed by atoms with Gasteiger partial charge >= 0.3 is 12.4 Å². The van der Waals surface area contributed by atoms with Crippen LogP contribution in [-0.2, 0) is 12.4 Å². The van der Waals surface area contributed by atoms with Gasteiger partial charge < -0.3 is 10.6 Å². The van der Waals surface area contributed by atoms with E-state index in [1.165, 1.54) is 24.3 Å². The molecule has 0 spiro atoms. The largest absolute Gasteiger partial charge is 0.418 e. The molecule has 2 nitrogen and oxygen atoms in total. The second-order valence-electron chi connectivity index (χ2n) is 4.67. The average Bonchev–Trinajstić information content (AvgIpc) is 2.46. The van der Waals surface area contributed by atoms with E-state index in [1.807, 2.05) is 0 Å². The topological polar surface area (TPSA) is 24.1 Å². The summed E-state index contributed by atoms with van der Waals surface area (Å²) < 4.78 is 77.4. The summed E-state index contributed by atoms with van der Waals surface area (Å²) in [5.74, 6) is 0. The minimum absolute atomic E-state index is 0.355. The summed E-state index contributed by atoms with van der Waals surface area (Å²) in [4.78, 5) is 0. The number of alkyl halides is 6. The summed E-state index contributed by atoms with van der Waals surface area (Å²) in [5, 5.41) is 4.17. The summed E-state index contributed by atoms with van der Waals surface area (Å²) in [7, 11) is 0. The quantitative estimate of drug-likeness (QED) is 0.541. The SMILES string of the molecule is FC(F)(F)c1ccccc1NC(=S)Nc1ccccc1C(F)(F)F. The second-order valence-corrected chi connectivity index (χ2v) is 5.07. The Morgan fingerprint density at radius 2 is 1.00 bits per heavy atom. The molecule has 0 aliphatic carbocycles. The first-order valence-corrected chi connectivity index (χ1v) is 6.90. The van der Waals surface area contributed by atoms with Crippen molar-refractivity contribution in [3.63, 3.8) is 0 Å². The molecular formula is C15H10F6N2S. The summed E-state index contributed by atoms with van der Waals surface area (Å²) in [6.07, 6.45) is -9.24. The maximum absolute atomic E-state index is 12.9. The van der Waals surface area contributed by atoms with Crippen molar-refractivity contribution >= 4 is 28.7 Å². The Hall–Kier alpha value is -2.29. The predicted molar refractivity (Wildman–Crippen MR) is 82.7 cm³/mol. The lowest BCUT2D eigenvalue weighted by molar-refractivity contribution is -0.137. The third-order valence-electron chi connectivity index (χ3n) is 2.96. The van der Waals surface area contributed by atoms with Gasteiger partial charge in [-0.1, -0.05) is 24.3 Å². The monoisotopic (exact) mass is 364 g/mol. The molecule has 0 aliphatic heterocycles. The zero-order chi connectivity index (χ0) is 18.0. The number of rotatable bonds is 2. The first kappa shape index (κ1) is 18.1. The van der Waals surface area contributed by atoms with E-state index in [9.17, 15) is 26.3 Å². The number of thiocarbonyl (C=S) groups is 1. The van der Waals surface area contributed by atoms with Gasteiger partial charge in [-0.05, 0) is 36.5 Å². The molecule has 0 bridgehead atoms. The fourth-order valence-electron chi connectivity index (χ4n) is 1.95. The molecule has 0 heterocycles. The third kappa shape index (κ3) is 4.38. The van der Waals surface area contributed by atoms with Gasteiger partial charge in [0.1, 0.15) is 0 Å². The fraction of sp³-hybridized carbons (Fsp3) is 0.133. The normalized spacial score (nSPS) is 11.9. The molecule has 2 aromatic carbocycles. The maximum atomic E-state index is 12.9. The Balaban J connectivity index is 2.22. The van der Waals surface area contributed by atoms with Crippen LogP contribution < -0.4 is 10.6 Å². The van der Waals surface area contributed by atoms with E-state index >= 15 is 0 Å². The molecule has 2 N–H and O–H groups in total. The van der Waals surface area contributed by atoms with Crippen LogP contribution in [0.3, 0.4) is 0 Å². The molecule has 0 aliphatic rings. The predicted octanol–water partition coefficient (Wildman–Crippen LogP) is 5.53. The van der Waals surface area contributed by atoms with Gasteiger partial charge in [0.05, 0.1) is 22.5 Å². The molecule has 2 rings (SSSR count). The summed E-state index contributed by atoms with van der Waals surface area (Å²) in [5.41, 5.74) is -2.66. The molecule has 0 saturated carbocycles. The van der Waals surface area contributed by atoms with Crippen LogP contribution in [0.15, 0.2) is 48.5 Å². The molecule has 0 unspecified atom stereocenters. The van der Waals surface area contributed by atoms with E-state index in [0.717, 1.165) is 24.3 Å². The van der Waals surface area contributed by atoms with E-state index in [4.69, 9.17) is 12.2 Å². The Morgan fingerprint density at radius 3 is 1.33 bits per heavy atom. The number of hydrogen-bond donors (Lipinski definition) is 2. The van der Waals surface area contributed by atoms with Crippen LogP contribution in [0.4, 0.5) is 37.7 Å². The van der Waals surface area contributed by atoms with Crippen molar-refractivity contribution in [3.8, 4) is 0 Å². The Kier molecular flexibility index (Phi) is 5.02. The van der Waals surface area contributed by atoms with Crippen LogP contribution >= 0.6 is 12.2 Å². The highest BCUT2D eigenvalue weighted by Gasteiger charge is 2.34. The highest BCUT2D eigenvalue weighted by molar-refractivity contribution is 7.80. The van der Waals surface area contributed by atoms with E-state index in [-0.39, 0.29) is 16.5 Å². The van der Waals surface area contributed by atoms with Crippen LogP contribution in [0, 0.1) is 0 Å². The van der Waals surface area contributed by atoms with E-state index in [0.29, 0.717) is 0 Å². The van der Waals surface area contributed by atoms with Gasteiger partial charge in [0, 0.05) is 0 Å². The van der Waals surface area contributed by atoms with Gasteiger partial charge in [-0.15, -0.1) is 0 Å². The number of hydrogen-bond acceptors (Lipinski definition) is 1. The standard InChI is InChI=1S/C15H10F6N2S/c16-14(17,18)9-5-1-3-7-11(9)22-13(24)23-12-8-4-2-6-10(12)15(19,20)21/h1-8H,(H2,22,23,24). The van der Waals surface area contributed by atoms with Crippen LogP contribution in [0.1, 0.15) is 11.1 Å². The van der Waals surface area contributed by atoms with E-state index < -0.39 is 23.5 Å². The van der Waals surface area contributed by atoms with Crippen molar-refractivity contribution in [1.82, 2.24) is 0 Å². The average molecular weight is 364 g/mol. The Morgan fingerprint density at radius 1 is 0.667 bits per heavy atom. The minimum Gasteiger partial charge on any atom is -0.332 e. The van der Waals surface area contributed by atoms with Crippen molar-refractivity contribution in [3.05, 3.63) is 59.7 Å². The van der Waals surface area contributed by atoms with E-state index in [1.54, 1.807) is 0 Å². The number of para-hydroxylation sites is 2. The molecule has 0 atom stereocenters. The van der Waals surface area contributed by atoms with Gasteiger partial charge in [-0.3, -0.25) is 0 Å². The molecule has 0 fully saturated rings. The van der Waals surface area contributed by atoms with Crippen molar-refractivity contribution < 1.29 is 26.3 Å². The Labute approximate surface area is 138 Å². The highest BCUT2D eigenvalue weighted by atomic mass is 32.1. The van der Waals surface area contributed by atoms with Gasteiger partial charge in [-0.25, -0.2) is 0 Å². The molecular weight excluding hydrogens is 354 g/mol. The lowest BCUT2D eigenvalue weighted by Gasteiger charge is -2.18. The van der Waals surface area contributed by atoms with Crippen LogP contribution in [0.5, 0.6) is 0 Å². The Bertz CT molecular complexity index is 678. The summed E-state index contributed by atoms with van der Waals surface area (Å²) in [6, 6.07) is 9.04. The van der Waals surface area contributed by atoms with Gasteiger partial charge in [0.25, 0.3) is 0 Å². The first-order valence-electron chi connectivity index (χ1n) is 6.49. The fourth-order valence-corrected chi connectivity index (χ4v) is 2.17. The van der Waals surface area contributed by atoms with Crippen molar-refractivity contribution in [2.24, 2.45) is 0 Å². The highest BCUT2D eigenvalue weighted by Crippen LogP contribution is 2.36. The van der Waals surface area contributed by atoms with Crippen LogP contribution in [-0.4, -0.2) is 5.11 Å². The number of anilines is 2. The van der Waals surface area contributed by atoms with Gasteiger partial charge in [-0.2, -0.15) is 26.3 Å². The number of nitrogens with one attached hydrogen (secondary N) is 2. The van der Waals surface area contributed by atoms with Crippen molar-refractivity contribution in [1.29, 1.82) is 0 Å². The van der Waals surface area contributed by atoms with Crippen LogP contribution in [0.2, 0.25) is 0 Å². The molecule has 0 radical (unpaired) electrons. The zero-order valence-corrected chi connectivity index (χ0v) is 12.6. The van der Waals surface area contributed by atoms with Gasteiger partial charge in [0.2, 0.25) is 0 Å². The smallest absolute Gasteiger partial charge is 0.332 e. The maximum Gasteiger partial charge on any atom is 0.418 e. The minimum atomic E-state index is -4.62.